The summed E-state index contributed by atoms with van der Waals surface area (Å²) in [6, 6.07) is 4.78. The summed E-state index contributed by atoms with van der Waals surface area (Å²) in [6.45, 7) is 65.9. The summed E-state index contributed by atoms with van der Waals surface area (Å²) in [6.07, 6.45) is 17.1. The predicted octanol–water partition coefficient (Wildman–Crippen LogP) is 12.5. The summed E-state index contributed by atoms with van der Waals surface area (Å²) < 4.78 is 49.5. The molecule has 0 saturated carbocycles. The van der Waals surface area contributed by atoms with Crippen molar-refractivity contribution in [2.24, 2.45) is 16.7 Å². The molecule has 16 heteroatoms. The molecule has 0 bridgehead atoms. The molecule has 9 heterocycles. The fourth-order valence-corrected chi connectivity index (χ4v) is 11.6. The zero-order valence-electron chi connectivity index (χ0n) is 60.8. The molecule has 8 fully saturated rings. The Kier molecular flexibility index (Phi) is 36.3. The highest BCUT2D eigenvalue weighted by Crippen LogP contribution is 2.42. The summed E-state index contributed by atoms with van der Waals surface area (Å²) in [7, 11) is 1.83. The Morgan fingerprint density at radius 1 is 0.568 bits per heavy atom. The summed E-state index contributed by atoms with van der Waals surface area (Å²) >= 11 is 0. The number of carbonyl (C=O) groups is 1. The molecule has 0 N–H and O–H groups in total. The molecule has 1 aromatic rings. The number of likely N-dealkylation sites (N-methyl/N-ethyl adjacent to an activating group) is 1. The van der Waals surface area contributed by atoms with Crippen LogP contribution >= 0.6 is 0 Å². The van der Waals surface area contributed by atoms with Crippen LogP contribution in [0.5, 0.6) is 0 Å². The molecule has 8 aliphatic rings. The molecule has 1 amide bonds. The Bertz CT molecular complexity index is 1920. The first kappa shape index (κ1) is 80.3. The van der Waals surface area contributed by atoms with Crippen molar-refractivity contribution in [1.82, 2.24) is 29.5 Å². The van der Waals surface area contributed by atoms with E-state index in [4.69, 9.17) is 42.6 Å². The molecule has 0 aliphatic carbocycles. The highest BCUT2D eigenvalue weighted by Gasteiger charge is 2.39. The van der Waals surface area contributed by atoms with Gasteiger partial charge in [-0.15, -0.1) is 0 Å². The standard InChI is InChI=1S/C13H25NO.C12H19NO.C11H21NO2.C10H19NO2.C10H21NO.C8H17NO.C8H16O2/c1-12(2,3)14-8-4-13(5-9-14)6-10-15-11-7-13;1-12(2,3)14-10-4-5-11-6-8-13-9-7-11;1-11(2,3)14-10-4-5-12(6-10)9-7-13-8-9;1-10(2,3)13-8-5-6-9(12)11(4)7-8;1-10(2,3)4-5-11-6-8-12-9-7-11;1-8(2)7-9-3-5-10-6-4-9;1-8(2,3)10-7-4-5-9-6-7/h4-11H2,1-3H3;6-9H,4-5,10H2,1-3H3;9-10H,4-8H2,1-3H3;8H,5-7H2,1-4H3;4-9H2,1-3H3;8H,3-7H2,1-2H3;7H,4-6H2,1-3H3. The summed E-state index contributed by atoms with van der Waals surface area (Å²) in [5.74, 6) is 1.02. The summed E-state index contributed by atoms with van der Waals surface area (Å²) in [4.78, 5) is 27.0. The van der Waals surface area contributed by atoms with Crippen molar-refractivity contribution in [3.8, 4) is 0 Å². The molecule has 8 saturated heterocycles. The van der Waals surface area contributed by atoms with Crippen LogP contribution in [0.15, 0.2) is 24.5 Å². The molecular weight excluding hydrogens is 1110 g/mol. The van der Waals surface area contributed by atoms with Gasteiger partial charge in [0.25, 0.3) is 0 Å². The van der Waals surface area contributed by atoms with Crippen LogP contribution < -0.4 is 0 Å². The van der Waals surface area contributed by atoms with Crippen LogP contribution in [0.25, 0.3) is 0 Å². The largest absolute Gasteiger partial charge is 0.381 e. The number of aromatic nitrogens is 1. The Hall–Kier alpha value is -1.90. The van der Waals surface area contributed by atoms with E-state index < -0.39 is 0 Å². The van der Waals surface area contributed by atoms with Gasteiger partial charge in [-0.1, -0.05) is 34.6 Å². The molecule has 3 unspecified atom stereocenters. The molecule has 88 heavy (non-hydrogen) atoms. The van der Waals surface area contributed by atoms with Gasteiger partial charge in [-0.05, 0) is 222 Å². The quantitative estimate of drug-likeness (QED) is 0.184. The van der Waals surface area contributed by atoms with E-state index in [1.54, 1.807) is 4.90 Å². The molecule has 516 valence electrons. The van der Waals surface area contributed by atoms with Crippen molar-refractivity contribution >= 4 is 5.91 Å². The van der Waals surface area contributed by atoms with Gasteiger partial charge < -0.3 is 47.5 Å². The molecular formula is C72H138N6O10. The van der Waals surface area contributed by atoms with E-state index in [2.05, 4.69) is 154 Å². The minimum Gasteiger partial charge on any atom is -0.381 e. The van der Waals surface area contributed by atoms with Crippen LogP contribution in [0.3, 0.4) is 0 Å². The van der Waals surface area contributed by atoms with Gasteiger partial charge in [0.15, 0.2) is 0 Å². The smallest absolute Gasteiger partial charge is 0.222 e. The highest BCUT2D eigenvalue weighted by molar-refractivity contribution is 5.76. The maximum absolute atomic E-state index is 11.2. The molecule has 3 atom stereocenters. The van der Waals surface area contributed by atoms with Gasteiger partial charge in [-0.2, -0.15) is 0 Å². The third-order valence-corrected chi connectivity index (χ3v) is 16.6. The molecule has 16 nitrogen and oxygen atoms in total. The molecule has 9 rings (SSSR count). The summed E-state index contributed by atoms with van der Waals surface area (Å²) in [5, 5.41) is 0. The van der Waals surface area contributed by atoms with Gasteiger partial charge in [0, 0.05) is 110 Å². The van der Waals surface area contributed by atoms with E-state index in [1.165, 1.54) is 76.8 Å². The van der Waals surface area contributed by atoms with E-state index >= 15 is 0 Å². The van der Waals surface area contributed by atoms with Gasteiger partial charge in [0.05, 0.1) is 93.0 Å². The number of hydrogen-bond acceptors (Lipinski definition) is 15. The second kappa shape index (κ2) is 39.7. The van der Waals surface area contributed by atoms with E-state index in [9.17, 15) is 4.79 Å². The van der Waals surface area contributed by atoms with E-state index in [1.807, 2.05) is 40.2 Å². The van der Waals surface area contributed by atoms with E-state index in [-0.39, 0.29) is 34.4 Å². The van der Waals surface area contributed by atoms with Gasteiger partial charge in [0.2, 0.25) is 5.91 Å². The van der Waals surface area contributed by atoms with Gasteiger partial charge in [0.1, 0.15) is 0 Å². The molecule has 1 spiro atoms. The van der Waals surface area contributed by atoms with Gasteiger partial charge in [-0.3, -0.25) is 29.4 Å². The number of hydrogen-bond donors (Lipinski definition) is 0. The van der Waals surface area contributed by atoms with Gasteiger partial charge >= 0.3 is 0 Å². The zero-order chi connectivity index (χ0) is 65.7. The van der Waals surface area contributed by atoms with Crippen molar-refractivity contribution in [3.63, 3.8) is 0 Å². The topological polar surface area (TPSA) is 129 Å². The minimum absolute atomic E-state index is 0.00318. The lowest BCUT2D eigenvalue weighted by atomic mass is 9.72. The van der Waals surface area contributed by atoms with Crippen LogP contribution in [0.4, 0.5) is 0 Å². The van der Waals surface area contributed by atoms with Crippen LogP contribution in [-0.2, 0) is 53.8 Å². The van der Waals surface area contributed by atoms with Crippen molar-refractivity contribution in [1.29, 1.82) is 0 Å². The second-order valence-corrected chi connectivity index (χ2v) is 32.5. The lowest BCUT2D eigenvalue weighted by molar-refractivity contribution is -0.142. The number of piperidine rings is 2. The highest BCUT2D eigenvalue weighted by atomic mass is 16.6. The maximum Gasteiger partial charge on any atom is 0.222 e. The van der Waals surface area contributed by atoms with Crippen molar-refractivity contribution < 1.29 is 47.4 Å². The second-order valence-electron chi connectivity index (χ2n) is 32.5. The van der Waals surface area contributed by atoms with Gasteiger partial charge in [-0.25, -0.2) is 0 Å². The maximum atomic E-state index is 11.2. The van der Waals surface area contributed by atoms with Crippen molar-refractivity contribution in [3.05, 3.63) is 30.1 Å². The van der Waals surface area contributed by atoms with Crippen molar-refractivity contribution in [2.75, 3.05) is 152 Å². The molecule has 1 aromatic heterocycles. The number of carbonyl (C=O) groups excluding carboxylic acids is 1. The monoisotopic (exact) mass is 1250 g/mol. The number of likely N-dealkylation sites (tertiary alicyclic amines) is 3. The summed E-state index contributed by atoms with van der Waals surface area (Å²) in [5.41, 5.74) is 2.65. The lowest BCUT2D eigenvalue weighted by Crippen LogP contribution is -2.50. The molecule has 8 aliphatic heterocycles. The number of nitrogens with zero attached hydrogens (tertiary/aromatic N) is 6. The third kappa shape index (κ3) is 39.0. The lowest BCUT2D eigenvalue weighted by Gasteiger charge is -2.48. The zero-order valence-corrected chi connectivity index (χ0v) is 60.8. The number of amides is 1. The molecule has 0 radical (unpaired) electrons. The predicted molar refractivity (Wildman–Crippen MR) is 362 cm³/mol. The number of morpholine rings is 2. The first-order chi connectivity index (χ1) is 41.0. The number of pyridine rings is 1. The minimum atomic E-state index is -0.105. The third-order valence-electron chi connectivity index (χ3n) is 16.6. The average Bonchev–Trinajstić information content (AvgIpc) is 1.19. The average molecular weight is 1250 g/mol. The van der Waals surface area contributed by atoms with E-state index in [0.717, 1.165) is 144 Å². The number of aryl methyl sites for hydroxylation is 1. The van der Waals surface area contributed by atoms with E-state index in [0.29, 0.717) is 41.0 Å². The van der Waals surface area contributed by atoms with Crippen LogP contribution in [0.1, 0.15) is 208 Å². The number of ether oxygens (including phenoxy) is 9. The first-order valence-electron chi connectivity index (χ1n) is 34.6. The Labute approximate surface area is 540 Å². The Morgan fingerprint density at radius 2 is 1.09 bits per heavy atom. The normalized spacial score (nSPS) is 23.7. The SMILES string of the molecule is CC(C)(C)CCN1CCOCC1.CC(C)(C)N1CCC2(CCOCC2)CC1.CC(C)(C)OC1CCN(C2COC2)C1.CC(C)(C)OC1CCOC1.CC(C)(C)OCCCc1ccncc1.CC(C)CN1CCOCC1.CN1CC(OC(C)(C)C)CCC1=O. The molecule has 0 aromatic carbocycles. The fourth-order valence-electron chi connectivity index (χ4n) is 11.6. The fraction of sp³-hybridized carbons (Fsp3) is 0.917. The Morgan fingerprint density at radius 3 is 1.55 bits per heavy atom. The first-order valence-corrected chi connectivity index (χ1v) is 34.6. The van der Waals surface area contributed by atoms with Crippen LogP contribution in [0, 0.1) is 16.7 Å². The van der Waals surface area contributed by atoms with Crippen LogP contribution in [-0.4, -0.2) is 239 Å². The van der Waals surface area contributed by atoms with Crippen molar-refractivity contribution in [2.45, 2.75) is 261 Å². The number of rotatable bonds is 12. The Balaban J connectivity index is 0.000000270. The van der Waals surface area contributed by atoms with Crippen LogP contribution in [0.2, 0.25) is 0 Å².